The Bertz CT molecular complexity index is 679. The fourth-order valence-electron chi connectivity index (χ4n) is 2.57. The molecule has 0 atom stereocenters. The van der Waals surface area contributed by atoms with Crippen molar-refractivity contribution >= 4 is 16.9 Å². The van der Waals surface area contributed by atoms with Crippen LogP contribution < -0.4 is 0 Å². The van der Waals surface area contributed by atoms with E-state index in [0.717, 1.165) is 22.3 Å². The van der Waals surface area contributed by atoms with Gasteiger partial charge in [-0.3, -0.25) is 4.79 Å². The van der Waals surface area contributed by atoms with Crippen molar-refractivity contribution in [1.82, 2.24) is 0 Å². The third-order valence-electron chi connectivity index (χ3n) is 3.55. The van der Waals surface area contributed by atoms with Crippen molar-refractivity contribution in [3.05, 3.63) is 59.7 Å². The van der Waals surface area contributed by atoms with Gasteiger partial charge >= 0.3 is 0 Å². The van der Waals surface area contributed by atoms with Crippen LogP contribution in [0.25, 0.3) is 11.1 Å². The molecule has 100 valence electrons. The average Bonchev–Trinajstić information content (AvgIpc) is 2.83. The summed E-state index contributed by atoms with van der Waals surface area (Å²) in [6, 6.07) is 13.6. The summed E-state index contributed by atoms with van der Waals surface area (Å²) >= 11 is 0. The number of ketones is 1. The van der Waals surface area contributed by atoms with Gasteiger partial charge in [0.25, 0.3) is 0 Å². The fourth-order valence-corrected chi connectivity index (χ4v) is 2.57. The third-order valence-corrected chi connectivity index (χ3v) is 3.55. The summed E-state index contributed by atoms with van der Waals surface area (Å²) in [6.45, 7) is 0. The van der Waals surface area contributed by atoms with E-state index in [4.69, 9.17) is 0 Å². The van der Waals surface area contributed by atoms with Crippen LogP contribution in [-0.2, 0) is 4.79 Å². The summed E-state index contributed by atoms with van der Waals surface area (Å²) in [5.41, 5.74) is 3.50. The minimum atomic E-state index is 0.124. The molecule has 0 saturated heterocycles. The smallest absolute Gasteiger partial charge is 0.164 e. The lowest BCUT2D eigenvalue weighted by molar-refractivity contribution is -0.113. The van der Waals surface area contributed by atoms with Gasteiger partial charge in [-0.1, -0.05) is 24.3 Å². The van der Waals surface area contributed by atoms with E-state index >= 15 is 0 Å². The van der Waals surface area contributed by atoms with E-state index in [-0.39, 0.29) is 17.3 Å². The van der Waals surface area contributed by atoms with Gasteiger partial charge in [-0.25, -0.2) is 0 Å². The summed E-state index contributed by atoms with van der Waals surface area (Å²) in [4.78, 5) is 12.1. The van der Waals surface area contributed by atoms with Gasteiger partial charge < -0.3 is 10.2 Å². The molecule has 3 rings (SSSR count). The van der Waals surface area contributed by atoms with E-state index in [1.165, 1.54) is 0 Å². The first-order chi connectivity index (χ1) is 9.65. The van der Waals surface area contributed by atoms with Crippen LogP contribution in [0, 0.1) is 0 Å². The first-order valence-electron chi connectivity index (χ1n) is 6.50. The minimum absolute atomic E-state index is 0.124. The first-order valence-corrected chi connectivity index (χ1v) is 6.50. The van der Waals surface area contributed by atoms with E-state index < -0.39 is 0 Å². The van der Waals surface area contributed by atoms with Gasteiger partial charge in [0, 0.05) is 12.0 Å². The molecule has 1 aliphatic carbocycles. The van der Waals surface area contributed by atoms with Gasteiger partial charge in [-0.05, 0) is 47.4 Å². The van der Waals surface area contributed by atoms with Crippen molar-refractivity contribution in [3.63, 3.8) is 0 Å². The molecule has 1 aliphatic rings. The Labute approximate surface area is 116 Å². The van der Waals surface area contributed by atoms with Crippen molar-refractivity contribution in [2.24, 2.45) is 0 Å². The Morgan fingerprint density at radius 1 is 0.700 bits per heavy atom. The van der Waals surface area contributed by atoms with Gasteiger partial charge in [-0.2, -0.15) is 0 Å². The van der Waals surface area contributed by atoms with E-state index in [9.17, 15) is 15.0 Å². The quantitative estimate of drug-likeness (QED) is 0.876. The molecule has 0 aliphatic heterocycles. The maximum Gasteiger partial charge on any atom is 0.164 e. The first kappa shape index (κ1) is 12.5. The Morgan fingerprint density at radius 3 is 1.75 bits per heavy atom. The van der Waals surface area contributed by atoms with Gasteiger partial charge in [-0.15, -0.1) is 0 Å². The number of hydrogen-bond donors (Lipinski definition) is 2. The molecule has 0 unspecified atom stereocenters. The van der Waals surface area contributed by atoms with Crippen molar-refractivity contribution in [3.8, 4) is 11.5 Å². The molecule has 0 radical (unpaired) electrons. The number of carbonyl (C=O) groups excluding carboxylic acids is 1. The number of phenolic OH excluding ortho intramolecular Hbond substituents is 2. The molecule has 3 heteroatoms. The van der Waals surface area contributed by atoms with Crippen molar-refractivity contribution in [2.45, 2.75) is 12.8 Å². The third kappa shape index (κ3) is 2.18. The molecule has 3 nitrogen and oxygen atoms in total. The highest BCUT2D eigenvalue weighted by molar-refractivity contribution is 6.31. The maximum absolute atomic E-state index is 12.1. The maximum atomic E-state index is 12.1. The van der Waals surface area contributed by atoms with Gasteiger partial charge in [0.05, 0.1) is 0 Å². The van der Waals surface area contributed by atoms with Crippen LogP contribution in [-0.4, -0.2) is 16.0 Å². The summed E-state index contributed by atoms with van der Waals surface area (Å²) < 4.78 is 0. The lowest BCUT2D eigenvalue weighted by Gasteiger charge is -2.07. The second-order valence-corrected chi connectivity index (χ2v) is 4.87. The second kappa shape index (κ2) is 4.85. The number of carbonyl (C=O) groups is 1. The van der Waals surface area contributed by atoms with E-state index in [0.29, 0.717) is 12.8 Å². The van der Waals surface area contributed by atoms with Crippen LogP contribution in [0.5, 0.6) is 11.5 Å². The topological polar surface area (TPSA) is 57.5 Å². The summed E-state index contributed by atoms with van der Waals surface area (Å²) in [5.74, 6) is 0.523. The molecular formula is C17H14O3. The molecule has 2 N–H and O–H groups in total. The predicted octanol–water partition coefficient (Wildman–Crippen LogP) is 3.37. The van der Waals surface area contributed by atoms with Crippen LogP contribution in [0.1, 0.15) is 24.0 Å². The number of allylic oxidation sites excluding steroid dienone is 2. The SMILES string of the molecule is O=C1CCC(c2ccc(O)cc2)=C1c1ccc(O)cc1. The molecule has 0 amide bonds. The van der Waals surface area contributed by atoms with E-state index in [2.05, 4.69) is 0 Å². The molecular weight excluding hydrogens is 252 g/mol. The molecule has 0 aromatic heterocycles. The number of phenols is 2. The molecule has 0 heterocycles. The second-order valence-electron chi connectivity index (χ2n) is 4.87. The van der Waals surface area contributed by atoms with Crippen molar-refractivity contribution < 1.29 is 15.0 Å². The number of benzene rings is 2. The fraction of sp³-hybridized carbons (Fsp3) is 0.118. The zero-order valence-corrected chi connectivity index (χ0v) is 10.8. The molecule has 20 heavy (non-hydrogen) atoms. The number of hydrogen-bond acceptors (Lipinski definition) is 3. The molecule has 0 saturated carbocycles. The highest BCUT2D eigenvalue weighted by atomic mass is 16.3. The van der Waals surface area contributed by atoms with Crippen LogP contribution in [0.2, 0.25) is 0 Å². The number of rotatable bonds is 2. The highest BCUT2D eigenvalue weighted by Crippen LogP contribution is 2.38. The Kier molecular flexibility index (Phi) is 3.03. The number of Topliss-reactive ketones (excluding diaryl/α,β-unsaturated/α-hetero) is 1. The lowest BCUT2D eigenvalue weighted by atomic mass is 9.96. The zero-order chi connectivity index (χ0) is 14.1. The summed E-state index contributed by atoms with van der Waals surface area (Å²) in [7, 11) is 0. The molecule has 2 aromatic rings. The van der Waals surface area contributed by atoms with E-state index in [1.54, 1.807) is 36.4 Å². The molecule has 0 bridgehead atoms. The zero-order valence-electron chi connectivity index (χ0n) is 10.8. The average molecular weight is 266 g/mol. The largest absolute Gasteiger partial charge is 0.508 e. The van der Waals surface area contributed by atoms with Crippen LogP contribution >= 0.6 is 0 Å². The summed E-state index contributed by atoms with van der Waals surface area (Å²) in [5, 5.41) is 18.7. The minimum Gasteiger partial charge on any atom is -0.508 e. The number of aromatic hydroxyl groups is 2. The summed E-state index contributed by atoms with van der Waals surface area (Å²) in [6.07, 6.45) is 1.21. The van der Waals surface area contributed by atoms with Crippen LogP contribution in [0.4, 0.5) is 0 Å². The normalized spacial score (nSPS) is 14.9. The van der Waals surface area contributed by atoms with E-state index in [1.807, 2.05) is 12.1 Å². The molecule has 0 spiro atoms. The lowest BCUT2D eigenvalue weighted by Crippen LogP contribution is -1.95. The highest BCUT2D eigenvalue weighted by Gasteiger charge is 2.25. The van der Waals surface area contributed by atoms with Crippen molar-refractivity contribution in [1.29, 1.82) is 0 Å². The molecule has 2 aromatic carbocycles. The Balaban J connectivity index is 2.12. The van der Waals surface area contributed by atoms with Gasteiger partial charge in [0.2, 0.25) is 0 Å². The monoisotopic (exact) mass is 266 g/mol. The van der Waals surface area contributed by atoms with Crippen LogP contribution in [0.15, 0.2) is 48.5 Å². The van der Waals surface area contributed by atoms with Gasteiger partial charge in [0.15, 0.2) is 5.78 Å². The Hall–Kier alpha value is -2.55. The Morgan fingerprint density at radius 2 is 1.20 bits per heavy atom. The predicted molar refractivity (Wildman–Crippen MR) is 77.3 cm³/mol. The van der Waals surface area contributed by atoms with Crippen molar-refractivity contribution in [2.75, 3.05) is 0 Å². The van der Waals surface area contributed by atoms with Crippen LogP contribution in [0.3, 0.4) is 0 Å². The molecule has 0 fully saturated rings. The standard InChI is InChI=1S/C17H14O3/c18-13-5-1-11(2-6-13)15-9-10-16(20)17(15)12-3-7-14(19)8-4-12/h1-8,18-19H,9-10H2. The van der Waals surface area contributed by atoms with Gasteiger partial charge in [0.1, 0.15) is 11.5 Å².